The van der Waals surface area contributed by atoms with Gasteiger partial charge in [0.2, 0.25) is 0 Å². The maximum Gasteiger partial charge on any atom is 0.145 e. The minimum Gasteiger partial charge on any atom is -0.387 e. The number of fused-ring (bicyclic) bond motifs is 7. The van der Waals surface area contributed by atoms with E-state index in [0.29, 0.717) is 0 Å². The summed E-state index contributed by atoms with van der Waals surface area (Å²) in [4.78, 5) is 10.7. The fourth-order valence-electron chi connectivity index (χ4n) is 9.37. The zero-order chi connectivity index (χ0) is 41.7. The zero-order valence-corrected chi connectivity index (χ0v) is 34.4. The Kier molecular flexibility index (Phi) is 8.89. The van der Waals surface area contributed by atoms with E-state index < -0.39 is 0 Å². The molecule has 1 atom stereocenters. The second-order valence-corrected chi connectivity index (χ2v) is 16.2. The molecule has 1 unspecified atom stereocenters. The van der Waals surface area contributed by atoms with Crippen LogP contribution in [0.1, 0.15) is 34.0 Å². The molecule has 0 spiro atoms. The van der Waals surface area contributed by atoms with Crippen molar-refractivity contribution in [1.29, 1.82) is 0 Å². The molecule has 2 aliphatic heterocycles. The Hall–Kier alpha value is -8.28. The predicted octanol–water partition coefficient (Wildman–Crippen LogP) is 13.5. The van der Waals surface area contributed by atoms with Gasteiger partial charge in [-0.3, -0.25) is 9.56 Å². The molecular formula is C58H41N5. The van der Waals surface area contributed by atoms with Gasteiger partial charge in [-0.15, -0.1) is 0 Å². The van der Waals surface area contributed by atoms with E-state index in [2.05, 4.69) is 228 Å². The molecule has 298 valence electrons. The minimum absolute atomic E-state index is 0.212. The third-order valence-electron chi connectivity index (χ3n) is 12.5. The molecule has 0 saturated carbocycles. The van der Waals surface area contributed by atoms with Gasteiger partial charge in [-0.1, -0.05) is 194 Å². The van der Waals surface area contributed by atoms with Crippen LogP contribution in [0.4, 0.5) is 0 Å². The molecule has 3 heterocycles. The lowest BCUT2D eigenvalue weighted by Gasteiger charge is -2.25. The smallest absolute Gasteiger partial charge is 0.145 e. The van der Waals surface area contributed by atoms with Crippen molar-refractivity contribution in [1.82, 2.24) is 20.2 Å². The van der Waals surface area contributed by atoms with Crippen molar-refractivity contribution in [2.75, 3.05) is 0 Å². The molecule has 1 aromatic heterocycles. The van der Waals surface area contributed by atoms with Crippen LogP contribution in [0.15, 0.2) is 217 Å². The number of aliphatic imine (C=N–C) groups is 1. The monoisotopic (exact) mass is 807 g/mol. The summed E-state index contributed by atoms with van der Waals surface area (Å²) in [5.74, 6) is 0.923. The number of hydrogen-bond acceptors (Lipinski definition) is 4. The van der Waals surface area contributed by atoms with Gasteiger partial charge in [0.25, 0.3) is 0 Å². The Morgan fingerprint density at radius 3 is 1.79 bits per heavy atom. The summed E-state index contributed by atoms with van der Waals surface area (Å²) in [6.45, 7) is 0.726. The molecule has 10 aromatic rings. The first-order chi connectivity index (χ1) is 31.2. The zero-order valence-electron chi connectivity index (χ0n) is 34.4. The molecule has 0 fully saturated rings. The van der Waals surface area contributed by atoms with E-state index in [9.17, 15) is 0 Å². The van der Waals surface area contributed by atoms with Gasteiger partial charge in [-0.05, 0) is 79.7 Å². The number of nitrogens with zero attached hydrogens (tertiary/aromatic N) is 3. The average molecular weight is 808 g/mol. The van der Waals surface area contributed by atoms with E-state index in [-0.39, 0.29) is 6.17 Å². The highest BCUT2D eigenvalue weighted by atomic mass is 15.1. The van der Waals surface area contributed by atoms with Crippen LogP contribution in [0, 0.1) is 0 Å². The van der Waals surface area contributed by atoms with Crippen molar-refractivity contribution in [3.05, 3.63) is 240 Å². The molecular weight excluding hydrogens is 767 g/mol. The Morgan fingerprint density at radius 1 is 0.492 bits per heavy atom. The van der Waals surface area contributed by atoms with Crippen LogP contribution in [-0.4, -0.2) is 15.3 Å². The van der Waals surface area contributed by atoms with Gasteiger partial charge in [0, 0.05) is 34.1 Å². The quantitative estimate of drug-likeness (QED) is 0.169. The Morgan fingerprint density at radius 2 is 1.06 bits per heavy atom. The first-order valence-corrected chi connectivity index (χ1v) is 21.6. The van der Waals surface area contributed by atoms with E-state index in [0.717, 1.165) is 73.9 Å². The second-order valence-electron chi connectivity index (χ2n) is 16.2. The molecule has 2 N–H and O–H groups in total. The standard InChI is InChI=1S/C58H41N5/c1-3-12-38(13-4-1)39-22-28-43(29-23-39)52-36-53(61-57(60-52)45-15-5-2-6-16-45)44-30-24-40(25-31-44)41-26-32-46(33-27-41)58-62-55-51-37-59-35-34-49(51)48-19-9-10-20-50(48)56(55)63(58)54-21-11-17-42-14-7-8-18-47(42)54/h1-36,57,59,61H,37H2. The summed E-state index contributed by atoms with van der Waals surface area (Å²) in [6.07, 6.45) is 6.21. The van der Waals surface area contributed by atoms with Gasteiger partial charge in [-0.2, -0.15) is 0 Å². The SMILES string of the molecule is C1=Cc2c(c3nc(-c4ccc(-c5ccc(C6=CC(c7ccc(-c8ccccc8)cc7)=NC(c7ccccc7)N6)cc5)cc4)n(-c4cccc5ccccc45)c3c3ccccc23)CN1. The highest BCUT2D eigenvalue weighted by molar-refractivity contribution is 6.14. The first-order valence-electron chi connectivity index (χ1n) is 21.6. The van der Waals surface area contributed by atoms with Crippen molar-refractivity contribution < 1.29 is 0 Å². The van der Waals surface area contributed by atoms with Crippen LogP contribution in [0.2, 0.25) is 0 Å². The third-order valence-corrected chi connectivity index (χ3v) is 12.5. The molecule has 12 rings (SSSR count). The van der Waals surface area contributed by atoms with Crippen LogP contribution in [0.5, 0.6) is 0 Å². The summed E-state index contributed by atoms with van der Waals surface area (Å²) in [7, 11) is 0. The summed E-state index contributed by atoms with van der Waals surface area (Å²) < 4.78 is 2.39. The van der Waals surface area contributed by atoms with Crippen molar-refractivity contribution in [3.63, 3.8) is 0 Å². The van der Waals surface area contributed by atoms with Gasteiger partial charge in [0.1, 0.15) is 12.0 Å². The van der Waals surface area contributed by atoms with Crippen molar-refractivity contribution in [2.24, 2.45) is 4.99 Å². The van der Waals surface area contributed by atoms with E-state index in [1.807, 2.05) is 6.07 Å². The highest BCUT2D eigenvalue weighted by Gasteiger charge is 2.24. The first kappa shape index (κ1) is 36.6. The van der Waals surface area contributed by atoms with Crippen molar-refractivity contribution in [3.8, 4) is 39.3 Å². The fourth-order valence-corrected chi connectivity index (χ4v) is 9.37. The molecule has 5 nitrogen and oxygen atoms in total. The van der Waals surface area contributed by atoms with Crippen LogP contribution in [-0.2, 0) is 6.54 Å². The van der Waals surface area contributed by atoms with Crippen molar-refractivity contribution in [2.45, 2.75) is 12.7 Å². The molecule has 0 bridgehead atoms. The average Bonchev–Trinajstić information content (AvgIpc) is 3.78. The Bertz CT molecular complexity index is 3430. The van der Waals surface area contributed by atoms with Gasteiger partial charge in [-0.25, -0.2) is 4.98 Å². The Labute approximate surface area is 366 Å². The normalized spacial score (nSPS) is 14.5. The molecule has 0 saturated heterocycles. The lowest BCUT2D eigenvalue weighted by Crippen LogP contribution is -2.24. The van der Waals surface area contributed by atoms with E-state index in [1.165, 1.54) is 43.8 Å². The highest BCUT2D eigenvalue weighted by Crippen LogP contribution is 2.41. The Balaban J connectivity index is 0.911. The number of benzene rings is 9. The maximum atomic E-state index is 5.54. The molecule has 63 heavy (non-hydrogen) atoms. The number of imidazole rings is 1. The van der Waals surface area contributed by atoms with Crippen LogP contribution in [0.3, 0.4) is 0 Å². The van der Waals surface area contributed by atoms with Crippen LogP contribution < -0.4 is 10.6 Å². The molecule has 9 aromatic carbocycles. The molecule has 0 radical (unpaired) electrons. The topological polar surface area (TPSA) is 54.2 Å². The summed E-state index contributed by atoms with van der Waals surface area (Å²) >= 11 is 0. The van der Waals surface area contributed by atoms with E-state index in [4.69, 9.17) is 9.98 Å². The number of hydrogen-bond donors (Lipinski definition) is 2. The molecule has 0 aliphatic carbocycles. The summed E-state index contributed by atoms with van der Waals surface area (Å²) in [5.41, 5.74) is 16.8. The van der Waals surface area contributed by atoms with Gasteiger partial charge in [0.05, 0.1) is 22.4 Å². The van der Waals surface area contributed by atoms with Gasteiger partial charge >= 0.3 is 0 Å². The van der Waals surface area contributed by atoms with Crippen LogP contribution in [0.25, 0.3) is 83.7 Å². The lowest BCUT2D eigenvalue weighted by molar-refractivity contribution is 0.664. The van der Waals surface area contributed by atoms with E-state index >= 15 is 0 Å². The van der Waals surface area contributed by atoms with Crippen LogP contribution >= 0.6 is 0 Å². The fraction of sp³-hybridized carbons (Fsp3) is 0.0345. The third kappa shape index (κ3) is 6.50. The van der Waals surface area contributed by atoms with E-state index in [1.54, 1.807) is 0 Å². The van der Waals surface area contributed by atoms with Gasteiger partial charge in [0.15, 0.2) is 0 Å². The summed E-state index contributed by atoms with van der Waals surface area (Å²) in [6, 6.07) is 71.4. The van der Waals surface area contributed by atoms with Gasteiger partial charge < -0.3 is 10.6 Å². The number of allylic oxidation sites excluding steroid dienone is 1. The molecule has 2 aliphatic rings. The number of aromatic nitrogens is 2. The number of rotatable bonds is 7. The molecule has 5 heteroatoms. The largest absolute Gasteiger partial charge is 0.387 e. The maximum absolute atomic E-state index is 5.54. The van der Waals surface area contributed by atoms with Crippen molar-refractivity contribution >= 4 is 50.1 Å². The predicted molar refractivity (Wildman–Crippen MR) is 262 cm³/mol. The summed E-state index contributed by atoms with van der Waals surface area (Å²) in [5, 5.41) is 12.0. The number of nitrogens with one attached hydrogen (secondary N) is 2. The molecule has 0 amide bonds. The second kappa shape index (κ2) is 15.3. The lowest BCUT2D eigenvalue weighted by atomic mass is 9.95. The minimum atomic E-state index is -0.212.